The summed E-state index contributed by atoms with van der Waals surface area (Å²) < 4.78 is 52.1. The Morgan fingerprint density at radius 2 is 1.47 bits per heavy atom. The van der Waals surface area contributed by atoms with Gasteiger partial charge in [-0.15, -0.1) is 0 Å². The quantitative estimate of drug-likeness (QED) is 0.195. The van der Waals surface area contributed by atoms with Crippen LogP contribution in [0, 0.1) is 0 Å². The van der Waals surface area contributed by atoms with Crippen molar-refractivity contribution in [1.82, 2.24) is 9.55 Å². The monoisotopic (exact) mass is 632 g/mol. The molecule has 0 bridgehead atoms. The maximum absolute atomic E-state index is 14.3. The molecule has 1 N–H and O–H groups in total. The van der Waals surface area contributed by atoms with Gasteiger partial charge >= 0.3 is 13.5 Å². The lowest BCUT2D eigenvalue weighted by molar-refractivity contribution is -0.0613. The second kappa shape index (κ2) is 14.0. The van der Waals surface area contributed by atoms with Gasteiger partial charge in [-0.05, 0) is 29.3 Å². The van der Waals surface area contributed by atoms with E-state index in [4.69, 9.17) is 27.5 Å². The van der Waals surface area contributed by atoms with E-state index in [-0.39, 0.29) is 24.9 Å². The van der Waals surface area contributed by atoms with Crippen LogP contribution in [0.5, 0.6) is 0 Å². The molecule has 4 atom stereocenters. The van der Waals surface area contributed by atoms with E-state index in [9.17, 15) is 14.2 Å². The summed E-state index contributed by atoms with van der Waals surface area (Å²) in [5.74, 6) is 0. The normalized spacial score (nSPS) is 21.3. The third-order valence-electron chi connectivity index (χ3n) is 7.81. The van der Waals surface area contributed by atoms with Crippen LogP contribution in [0.4, 0.5) is 0 Å². The standard InChI is InChI=1S/C30H41N2O9PSi/c1-30(2,3)43(5,6)39-21-24-26(27(36-4)28(40-24)32-18-17-25(33)31-29(32)34)41-42(35,37-19-22-13-9-7-10-14-22)38-20-23-15-11-8-12-16-23/h7-18,24,26-28H,19-21H2,1-6H3,(H,31,33,34)/t24-,26?,27?,28-/m1/s1. The molecule has 13 heteroatoms. The number of nitrogens with one attached hydrogen (secondary N) is 1. The molecule has 1 fully saturated rings. The molecule has 234 valence electrons. The summed E-state index contributed by atoms with van der Waals surface area (Å²) in [5.41, 5.74) is 0.312. The minimum Gasteiger partial charge on any atom is -0.414 e. The number of methoxy groups -OCH3 is 1. The fourth-order valence-corrected chi connectivity index (χ4v) is 6.66. The molecule has 0 spiro atoms. The van der Waals surface area contributed by atoms with Crippen molar-refractivity contribution in [3.8, 4) is 0 Å². The van der Waals surface area contributed by atoms with Crippen molar-refractivity contribution >= 4 is 16.1 Å². The third kappa shape index (κ3) is 8.49. The number of aromatic amines is 1. The van der Waals surface area contributed by atoms with Crippen molar-refractivity contribution in [2.45, 2.75) is 76.7 Å². The molecule has 43 heavy (non-hydrogen) atoms. The summed E-state index contributed by atoms with van der Waals surface area (Å²) in [6, 6.07) is 19.7. The highest BCUT2D eigenvalue weighted by atomic mass is 31.2. The molecular weight excluding hydrogens is 591 g/mol. The Morgan fingerprint density at radius 3 is 1.95 bits per heavy atom. The lowest BCUT2D eigenvalue weighted by atomic mass is 10.1. The predicted molar refractivity (Wildman–Crippen MR) is 164 cm³/mol. The van der Waals surface area contributed by atoms with Crippen LogP contribution in [0.3, 0.4) is 0 Å². The first-order valence-corrected chi connectivity index (χ1v) is 18.5. The Bertz CT molecular complexity index is 1440. The number of aromatic nitrogens is 2. The number of rotatable bonds is 13. The van der Waals surface area contributed by atoms with Gasteiger partial charge in [0.1, 0.15) is 18.3 Å². The molecule has 4 rings (SSSR count). The van der Waals surface area contributed by atoms with Crippen molar-refractivity contribution in [3.05, 3.63) is 105 Å². The molecule has 0 amide bonds. The number of ether oxygens (including phenoxy) is 2. The zero-order valence-electron chi connectivity index (χ0n) is 25.4. The highest BCUT2D eigenvalue weighted by Gasteiger charge is 2.52. The molecule has 0 saturated carbocycles. The van der Waals surface area contributed by atoms with E-state index < -0.39 is 51.9 Å². The minimum atomic E-state index is -4.27. The Hall–Kier alpha value is -2.67. The van der Waals surface area contributed by atoms with Gasteiger partial charge in [0.05, 0.1) is 19.8 Å². The van der Waals surface area contributed by atoms with Gasteiger partial charge in [-0.1, -0.05) is 81.4 Å². The maximum atomic E-state index is 14.3. The van der Waals surface area contributed by atoms with E-state index in [0.29, 0.717) is 0 Å². The first kappa shape index (κ1) is 33.2. The number of nitrogens with zero attached hydrogens (tertiary/aromatic N) is 1. The van der Waals surface area contributed by atoms with E-state index in [0.717, 1.165) is 11.1 Å². The number of phosphoric acid groups is 1. The summed E-state index contributed by atoms with van der Waals surface area (Å²) >= 11 is 0. The van der Waals surface area contributed by atoms with Crippen LogP contribution < -0.4 is 11.2 Å². The first-order valence-electron chi connectivity index (χ1n) is 14.1. The minimum absolute atomic E-state index is 0.0356. The van der Waals surface area contributed by atoms with Crippen LogP contribution in [0.25, 0.3) is 0 Å². The molecule has 1 aliphatic rings. The van der Waals surface area contributed by atoms with Gasteiger partial charge in [0.15, 0.2) is 14.5 Å². The number of hydrogen-bond donors (Lipinski definition) is 1. The van der Waals surface area contributed by atoms with Gasteiger partial charge in [-0.3, -0.25) is 27.9 Å². The van der Waals surface area contributed by atoms with Gasteiger partial charge in [0.25, 0.3) is 5.56 Å². The zero-order valence-corrected chi connectivity index (χ0v) is 27.3. The third-order valence-corrected chi connectivity index (χ3v) is 13.7. The van der Waals surface area contributed by atoms with Crippen molar-refractivity contribution in [1.29, 1.82) is 0 Å². The molecule has 1 saturated heterocycles. The Kier molecular flexibility index (Phi) is 10.8. The number of benzene rings is 2. The molecule has 0 aliphatic carbocycles. The number of H-pyrrole nitrogens is 1. The largest absolute Gasteiger partial charge is 0.475 e. The highest BCUT2D eigenvalue weighted by molar-refractivity contribution is 7.48. The summed E-state index contributed by atoms with van der Waals surface area (Å²) in [6.45, 7) is 10.6. The van der Waals surface area contributed by atoms with Crippen molar-refractivity contribution in [3.63, 3.8) is 0 Å². The summed E-state index contributed by atoms with van der Waals surface area (Å²) in [7, 11) is -5.09. The summed E-state index contributed by atoms with van der Waals surface area (Å²) in [4.78, 5) is 26.8. The topological polar surface area (TPSA) is 127 Å². The van der Waals surface area contributed by atoms with Gasteiger partial charge in [0.2, 0.25) is 0 Å². The Labute approximate surface area is 252 Å². The van der Waals surface area contributed by atoms with Crippen LogP contribution >= 0.6 is 7.82 Å². The summed E-state index contributed by atoms with van der Waals surface area (Å²) in [6.07, 6.45) is -2.49. The average molecular weight is 633 g/mol. The lowest BCUT2D eigenvalue weighted by Crippen LogP contribution is -2.45. The number of phosphoric ester groups is 1. The fraction of sp³-hybridized carbons (Fsp3) is 0.467. The molecule has 1 aromatic heterocycles. The maximum Gasteiger partial charge on any atom is 0.475 e. The van der Waals surface area contributed by atoms with Crippen LogP contribution in [0.2, 0.25) is 18.1 Å². The van der Waals surface area contributed by atoms with E-state index in [1.807, 2.05) is 60.7 Å². The zero-order chi connectivity index (χ0) is 31.3. The van der Waals surface area contributed by atoms with Gasteiger partial charge in [0, 0.05) is 19.4 Å². The van der Waals surface area contributed by atoms with E-state index in [1.54, 1.807) is 0 Å². The van der Waals surface area contributed by atoms with Gasteiger partial charge < -0.3 is 13.9 Å². The average Bonchev–Trinajstić information content (AvgIpc) is 3.31. The van der Waals surface area contributed by atoms with Crippen molar-refractivity contribution in [2.24, 2.45) is 0 Å². The van der Waals surface area contributed by atoms with Crippen molar-refractivity contribution in [2.75, 3.05) is 13.7 Å². The Morgan fingerprint density at radius 1 is 0.907 bits per heavy atom. The van der Waals surface area contributed by atoms with E-state index in [2.05, 4.69) is 38.8 Å². The molecule has 0 radical (unpaired) electrons. The molecule has 3 aromatic rings. The fourth-order valence-electron chi connectivity index (χ4n) is 4.28. The van der Waals surface area contributed by atoms with Gasteiger partial charge in [-0.25, -0.2) is 9.36 Å². The SMILES string of the molecule is COC1C(OP(=O)(OCc2ccccc2)OCc2ccccc2)[C@@H](CO[Si](C)(C)C(C)(C)C)O[C@H]1n1ccc(=O)[nH]c1=O. The lowest BCUT2D eigenvalue weighted by Gasteiger charge is -2.37. The second-order valence-electron chi connectivity index (χ2n) is 11.9. The smallest absolute Gasteiger partial charge is 0.414 e. The molecule has 11 nitrogen and oxygen atoms in total. The molecular formula is C30H41N2O9PSi. The van der Waals surface area contributed by atoms with Crippen LogP contribution in [0.1, 0.15) is 38.1 Å². The predicted octanol–water partition coefficient (Wildman–Crippen LogP) is 5.40. The molecule has 1 aliphatic heterocycles. The van der Waals surface area contributed by atoms with E-state index in [1.165, 1.54) is 23.9 Å². The van der Waals surface area contributed by atoms with E-state index >= 15 is 0 Å². The van der Waals surface area contributed by atoms with Crippen LogP contribution in [-0.2, 0) is 45.2 Å². The van der Waals surface area contributed by atoms with Crippen LogP contribution in [0.15, 0.2) is 82.5 Å². The number of hydrogen-bond acceptors (Lipinski definition) is 9. The first-order chi connectivity index (χ1) is 20.3. The molecule has 2 heterocycles. The van der Waals surface area contributed by atoms with Crippen molar-refractivity contribution < 1.29 is 32.0 Å². The van der Waals surface area contributed by atoms with Gasteiger partial charge in [-0.2, -0.15) is 0 Å². The molecule has 2 aromatic carbocycles. The Balaban J connectivity index is 1.67. The highest BCUT2D eigenvalue weighted by Crippen LogP contribution is 2.55. The van der Waals surface area contributed by atoms with Crippen LogP contribution in [-0.4, -0.2) is 49.9 Å². The summed E-state index contributed by atoms with van der Waals surface area (Å²) in [5, 5.41) is -0.0925. The second-order valence-corrected chi connectivity index (χ2v) is 18.3. The molecule has 2 unspecified atom stereocenters.